The lowest BCUT2D eigenvalue weighted by molar-refractivity contribution is -0.117. The smallest absolute Gasteiger partial charge is 0.261 e. The third kappa shape index (κ3) is 4.75. The molecule has 158 valence electrons. The highest BCUT2D eigenvalue weighted by atomic mass is 32.2. The molecule has 0 unspecified atom stereocenters. The van der Waals surface area contributed by atoms with Gasteiger partial charge in [0.25, 0.3) is 15.9 Å². The highest BCUT2D eigenvalue weighted by Crippen LogP contribution is 2.25. The van der Waals surface area contributed by atoms with E-state index >= 15 is 0 Å². The Bertz CT molecular complexity index is 1230. The highest BCUT2D eigenvalue weighted by Gasteiger charge is 2.22. The molecular weight excluding hydrogens is 414 g/mol. The Balaban J connectivity index is 1.52. The van der Waals surface area contributed by atoms with Crippen LogP contribution in [0.2, 0.25) is 0 Å². The minimum atomic E-state index is -3.84. The van der Waals surface area contributed by atoms with Crippen molar-refractivity contribution in [3.05, 3.63) is 84.4 Å². The number of para-hydroxylation sites is 1. The van der Waals surface area contributed by atoms with E-state index in [9.17, 15) is 18.0 Å². The van der Waals surface area contributed by atoms with Gasteiger partial charge in [-0.25, -0.2) is 8.42 Å². The largest absolute Gasteiger partial charge is 0.322 e. The molecule has 0 spiro atoms. The van der Waals surface area contributed by atoms with E-state index < -0.39 is 15.9 Å². The number of hydrogen-bond acceptors (Lipinski definition) is 4. The van der Waals surface area contributed by atoms with Crippen molar-refractivity contribution in [2.75, 3.05) is 21.5 Å². The average Bonchev–Trinajstić information content (AvgIpc) is 3.20. The Morgan fingerprint density at radius 3 is 2.35 bits per heavy atom. The van der Waals surface area contributed by atoms with E-state index in [0.717, 1.165) is 12.1 Å². The molecular formula is C23H21N3O4S. The van der Waals surface area contributed by atoms with Crippen LogP contribution < -0.4 is 14.9 Å². The lowest BCUT2D eigenvalue weighted by Crippen LogP contribution is -2.23. The molecule has 1 saturated heterocycles. The zero-order chi connectivity index (χ0) is 21.8. The van der Waals surface area contributed by atoms with Gasteiger partial charge >= 0.3 is 0 Å². The summed E-state index contributed by atoms with van der Waals surface area (Å²) in [6, 6.07) is 21.4. The quantitative estimate of drug-likeness (QED) is 0.614. The predicted octanol–water partition coefficient (Wildman–Crippen LogP) is 3.87. The molecule has 1 aliphatic rings. The van der Waals surface area contributed by atoms with Crippen molar-refractivity contribution < 1.29 is 18.0 Å². The van der Waals surface area contributed by atoms with Gasteiger partial charge in [0.1, 0.15) is 0 Å². The summed E-state index contributed by atoms with van der Waals surface area (Å²) in [5.74, 6) is -0.381. The van der Waals surface area contributed by atoms with Gasteiger partial charge < -0.3 is 10.2 Å². The van der Waals surface area contributed by atoms with E-state index in [0.29, 0.717) is 24.3 Å². The van der Waals surface area contributed by atoms with Crippen LogP contribution in [0.4, 0.5) is 17.1 Å². The molecule has 1 aliphatic heterocycles. The number of nitrogens with one attached hydrogen (secondary N) is 2. The second-order valence-electron chi connectivity index (χ2n) is 7.15. The minimum Gasteiger partial charge on any atom is -0.322 e. The van der Waals surface area contributed by atoms with Crippen molar-refractivity contribution >= 4 is 38.9 Å². The van der Waals surface area contributed by atoms with Gasteiger partial charge in [-0.3, -0.25) is 14.3 Å². The van der Waals surface area contributed by atoms with Gasteiger partial charge in [-0.2, -0.15) is 0 Å². The average molecular weight is 436 g/mol. The molecule has 0 bridgehead atoms. The fourth-order valence-corrected chi connectivity index (χ4v) is 4.50. The number of rotatable bonds is 6. The van der Waals surface area contributed by atoms with Crippen molar-refractivity contribution in [2.24, 2.45) is 0 Å². The Morgan fingerprint density at radius 2 is 1.61 bits per heavy atom. The van der Waals surface area contributed by atoms with Crippen LogP contribution in [0.5, 0.6) is 0 Å². The van der Waals surface area contributed by atoms with Crippen LogP contribution in [0.1, 0.15) is 23.2 Å². The lowest BCUT2D eigenvalue weighted by Gasteiger charge is -2.17. The number of carbonyl (C=O) groups excluding carboxylic acids is 2. The molecule has 0 aliphatic carbocycles. The molecule has 0 atom stereocenters. The molecule has 0 aromatic heterocycles. The number of sulfonamides is 1. The van der Waals surface area contributed by atoms with Crippen LogP contribution in [0.15, 0.2) is 83.8 Å². The fourth-order valence-electron chi connectivity index (χ4n) is 3.40. The van der Waals surface area contributed by atoms with Crippen molar-refractivity contribution in [1.29, 1.82) is 0 Å². The summed E-state index contributed by atoms with van der Waals surface area (Å²) >= 11 is 0. The van der Waals surface area contributed by atoms with Crippen LogP contribution in [0, 0.1) is 0 Å². The maximum atomic E-state index is 12.7. The summed E-state index contributed by atoms with van der Waals surface area (Å²) in [6.07, 6.45) is 1.34. The van der Waals surface area contributed by atoms with E-state index in [1.54, 1.807) is 59.5 Å². The molecule has 0 saturated carbocycles. The molecule has 2 N–H and O–H groups in total. The molecule has 8 heteroatoms. The first kappa shape index (κ1) is 20.6. The second-order valence-corrected chi connectivity index (χ2v) is 8.84. The highest BCUT2D eigenvalue weighted by molar-refractivity contribution is 7.92. The zero-order valence-electron chi connectivity index (χ0n) is 16.6. The van der Waals surface area contributed by atoms with Gasteiger partial charge in [-0.05, 0) is 55.0 Å². The van der Waals surface area contributed by atoms with Crippen LogP contribution in [0.25, 0.3) is 0 Å². The van der Waals surface area contributed by atoms with Gasteiger partial charge in [0.15, 0.2) is 0 Å². The molecule has 2 amide bonds. The summed E-state index contributed by atoms with van der Waals surface area (Å²) in [5, 5.41) is 2.77. The standard InChI is InChI=1S/C23H21N3O4S/c27-22-13-6-14-26(22)20-11-5-10-19(16-20)24-23(28)17-7-4-12-21(15-17)31(29,30)25-18-8-2-1-3-9-18/h1-5,7-12,15-16,25H,6,13-14H2,(H,24,28). The van der Waals surface area contributed by atoms with Crippen molar-refractivity contribution in [3.8, 4) is 0 Å². The molecule has 3 aromatic carbocycles. The van der Waals surface area contributed by atoms with E-state index in [2.05, 4.69) is 10.0 Å². The predicted molar refractivity (Wildman–Crippen MR) is 120 cm³/mol. The molecule has 3 aromatic rings. The number of carbonyl (C=O) groups is 2. The molecule has 4 rings (SSSR count). The van der Waals surface area contributed by atoms with E-state index in [-0.39, 0.29) is 16.4 Å². The lowest BCUT2D eigenvalue weighted by atomic mass is 10.2. The summed E-state index contributed by atoms with van der Waals surface area (Å²) in [6.45, 7) is 0.657. The van der Waals surface area contributed by atoms with E-state index in [4.69, 9.17) is 0 Å². The summed E-state index contributed by atoms with van der Waals surface area (Å²) in [4.78, 5) is 26.4. The Hall–Kier alpha value is -3.65. The van der Waals surface area contributed by atoms with Crippen molar-refractivity contribution in [3.63, 3.8) is 0 Å². The first-order chi connectivity index (χ1) is 14.9. The SMILES string of the molecule is O=C(Nc1cccc(N2CCCC2=O)c1)c1cccc(S(=O)(=O)Nc2ccccc2)c1. The third-order valence-corrected chi connectivity index (χ3v) is 6.30. The fraction of sp³-hybridized carbons (Fsp3) is 0.130. The number of benzene rings is 3. The van der Waals surface area contributed by atoms with Gasteiger partial charge in [0.05, 0.1) is 4.90 Å². The normalized spacial score (nSPS) is 13.8. The molecule has 31 heavy (non-hydrogen) atoms. The van der Waals surface area contributed by atoms with Gasteiger partial charge in [0.2, 0.25) is 5.91 Å². The molecule has 7 nitrogen and oxygen atoms in total. The van der Waals surface area contributed by atoms with Gasteiger partial charge in [-0.1, -0.05) is 30.3 Å². The van der Waals surface area contributed by atoms with Crippen LogP contribution in [-0.2, 0) is 14.8 Å². The Morgan fingerprint density at radius 1 is 0.871 bits per heavy atom. The Kier molecular flexibility index (Phi) is 5.73. The van der Waals surface area contributed by atoms with Crippen LogP contribution in [0.3, 0.4) is 0 Å². The van der Waals surface area contributed by atoms with E-state index in [1.807, 2.05) is 6.07 Å². The number of amides is 2. The molecule has 1 heterocycles. The summed E-state index contributed by atoms with van der Waals surface area (Å²) in [7, 11) is -3.84. The number of anilines is 3. The van der Waals surface area contributed by atoms with Gasteiger partial charge in [-0.15, -0.1) is 0 Å². The number of nitrogens with zero attached hydrogens (tertiary/aromatic N) is 1. The first-order valence-electron chi connectivity index (χ1n) is 9.82. The van der Waals surface area contributed by atoms with Gasteiger partial charge in [0, 0.05) is 35.6 Å². The van der Waals surface area contributed by atoms with Crippen LogP contribution >= 0.6 is 0 Å². The maximum Gasteiger partial charge on any atom is 0.261 e. The van der Waals surface area contributed by atoms with E-state index in [1.165, 1.54) is 18.2 Å². The first-order valence-corrected chi connectivity index (χ1v) is 11.3. The molecule has 1 fully saturated rings. The monoisotopic (exact) mass is 435 g/mol. The van der Waals surface area contributed by atoms with Crippen LogP contribution in [-0.4, -0.2) is 26.8 Å². The molecule has 0 radical (unpaired) electrons. The summed E-state index contributed by atoms with van der Waals surface area (Å²) in [5.41, 5.74) is 1.89. The maximum absolute atomic E-state index is 12.7. The van der Waals surface area contributed by atoms with Crippen molar-refractivity contribution in [1.82, 2.24) is 0 Å². The topological polar surface area (TPSA) is 95.6 Å². The minimum absolute atomic E-state index is 0.0135. The Labute approximate surface area is 180 Å². The zero-order valence-corrected chi connectivity index (χ0v) is 17.4. The summed E-state index contributed by atoms with van der Waals surface area (Å²) < 4.78 is 27.9. The second kappa shape index (κ2) is 8.61. The third-order valence-electron chi connectivity index (χ3n) is 4.92. The number of hydrogen-bond donors (Lipinski definition) is 2. The van der Waals surface area contributed by atoms with Crippen molar-refractivity contribution in [2.45, 2.75) is 17.7 Å².